The van der Waals surface area contributed by atoms with Gasteiger partial charge in [0, 0.05) is 48.4 Å². The molecule has 2 N–H and O–H groups in total. The molecule has 63 heavy (non-hydrogen) atoms. The number of ether oxygens (including phenoxy) is 5. The third-order valence-electron chi connectivity index (χ3n) is 12.1. The summed E-state index contributed by atoms with van der Waals surface area (Å²) < 4.78 is 28.0. The second-order valence-corrected chi connectivity index (χ2v) is 18.6. The zero-order valence-electron chi connectivity index (χ0n) is 40.9. The number of nitrogens with one attached hydrogen (secondary N) is 2. The average molecular weight is 890 g/mol. The molecule has 358 valence electrons. The maximum Gasteiger partial charge on any atom is 0.410 e. The lowest BCUT2D eigenvalue weighted by molar-refractivity contribution is -0.149. The molecule has 0 bridgehead atoms. The van der Waals surface area contributed by atoms with Crippen molar-refractivity contribution in [1.82, 2.24) is 25.3 Å². The fraction of sp³-hybridized carbons (Fsp3) is 0.745. The minimum Gasteiger partial charge on any atom is -0.467 e. The van der Waals surface area contributed by atoms with Crippen LogP contribution in [-0.2, 0) is 60.7 Å². The molecule has 0 unspecified atom stereocenters. The number of carbonyl (C=O) groups is 6. The van der Waals surface area contributed by atoms with E-state index >= 15 is 0 Å². The summed E-state index contributed by atoms with van der Waals surface area (Å²) >= 11 is 0. The van der Waals surface area contributed by atoms with E-state index in [0.29, 0.717) is 32.4 Å². The van der Waals surface area contributed by atoms with Crippen molar-refractivity contribution in [2.24, 2.45) is 23.7 Å². The van der Waals surface area contributed by atoms with E-state index in [0.717, 1.165) is 11.1 Å². The van der Waals surface area contributed by atoms with Crippen LogP contribution < -0.4 is 10.6 Å². The Kier molecular flexibility index (Phi) is 22.0. The maximum atomic E-state index is 14.5. The van der Waals surface area contributed by atoms with Crippen molar-refractivity contribution in [3.8, 4) is 0 Å². The maximum absolute atomic E-state index is 14.5. The summed E-state index contributed by atoms with van der Waals surface area (Å²) in [7, 11) is 9.07. The normalized spacial score (nSPS) is 18.1. The van der Waals surface area contributed by atoms with E-state index in [2.05, 4.69) is 10.6 Å². The monoisotopic (exact) mass is 890 g/mol. The number of likely N-dealkylation sites (N-methyl/N-ethyl adjacent to an activating group) is 2. The van der Waals surface area contributed by atoms with Crippen molar-refractivity contribution >= 4 is 35.7 Å². The van der Waals surface area contributed by atoms with E-state index in [-0.39, 0.29) is 42.4 Å². The van der Waals surface area contributed by atoms with Crippen LogP contribution >= 0.6 is 0 Å². The molecule has 1 aliphatic rings. The third-order valence-corrected chi connectivity index (χ3v) is 12.1. The Balaban J connectivity index is 2.33. The number of carbonyl (C=O) groups excluding carboxylic acids is 6. The van der Waals surface area contributed by atoms with Crippen molar-refractivity contribution in [2.45, 2.75) is 156 Å². The van der Waals surface area contributed by atoms with Gasteiger partial charge in [-0.2, -0.15) is 0 Å². The summed E-state index contributed by atoms with van der Waals surface area (Å²) in [6, 6.07) is 3.67. The number of benzene rings is 1. The van der Waals surface area contributed by atoms with Gasteiger partial charge in [0.25, 0.3) is 0 Å². The molecule has 1 saturated heterocycles. The van der Waals surface area contributed by atoms with Crippen LogP contribution in [0.5, 0.6) is 0 Å². The van der Waals surface area contributed by atoms with E-state index in [1.807, 2.05) is 65.8 Å². The van der Waals surface area contributed by atoms with Crippen molar-refractivity contribution in [3.05, 3.63) is 35.4 Å². The minimum atomic E-state index is -0.972. The molecule has 0 spiro atoms. The molecular weight excluding hydrogens is 811 g/mol. The van der Waals surface area contributed by atoms with Crippen LogP contribution in [0.15, 0.2) is 24.3 Å². The van der Waals surface area contributed by atoms with E-state index in [1.165, 1.54) is 33.3 Å². The molecule has 0 saturated carbocycles. The Labute approximate surface area is 376 Å². The van der Waals surface area contributed by atoms with Crippen molar-refractivity contribution in [1.29, 1.82) is 0 Å². The van der Waals surface area contributed by atoms with E-state index < -0.39 is 77.8 Å². The van der Waals surface area contributed by atoms with E-state index in [9.17, 15) is 28.8 Å². The number of nitrogens with zero attached hydrogens (tertiary/aromatic N) is 3. The van der Waals surface area contributed by atoms with Crippen LogP contribution in [0.3, 0.4) is 0 Å². The van der Waals surface area contributed by atoms with Gasteiger partial charge in [0.15, 0.2) is 0 Å². The summed E-state index contributed by atoms with van der Waals surface area (Å²) in [5.74, 6) is -3.56. The fourth-order valence-corrected chi connectivity index (χ4v) is 8.56. The first-order valence-electron chi connectivity index (χ1n) is 22.3. The molecule has 1 fully saturated rings. The van der Waals surface area contributed by atoms with Crippen LogP contribution in [0.25, 0.3) is 0 Å². The molecular formula is C47H79N5O11. The number of methoxy groups -OCH3 is 4. The molecule has 16 heteroatoms. The Morgan fingerprint density at radius 1 is 0.841 bits per heavy atom. The van der Waals surface area contributed by atoms with E-state index in [1.54, 1.807) is 51.7 Å². The molecule has 0 aliphatic carbocycles. The molecule has 0 radical (unpaired) electrons. The molecule has 1 aromatic rings. The Bertz CT molecular complexity index is 1670. The molecule has 1 heterocycles. The van der Waals surface area contributed by atoms with Crippen LogP contribution in [0.2, 0.25) is 0 Å². The minimum absolute atomic E-state index is 0.0588. The quantitative estimate of drug-likeness (QED) is 0.141. The lowest BCUT2D eigenvalue weighted by atomic mass is 9.89. The summed E-state index contributed by atoms with van der Waals surface area (Å²) in [4.78, 5) is 87.2. The SMILES string of the molecule is CC[C@H](C)[C@@H]([C@@H](CC(=O)N1CCC[C@H]1[C@H](OC)[C@@H](C)C(=O)N[C@@H](Cc1ccccc1COC)C(=O)OC)OC)N(C)C(=O)[C@@H](NC(=O)[C@H](C(C)C)N(C)C(=O)OC(C)(C)C)C(C)C. The van der Waals surface area contributed by atoms with Gasteiger partial charge in [0.2, 0.25) is 23.6 Å². The Morgan fingerprint density at radius 3 is 1.97 bits per heavy atom. The number of esters is 1. The first kappa shape index (κ1) is 54.9. The molecule has 9 atom stereocenters. The van der Waals surface area contributed by atoms with Gasteiger partial charge in [0.05, 0.1) is 50.3 Å². The first-order chi connectivity index (χ1) is 29.5. The fourth-order valence-electron chi connectivity index (χ4n) is 8.56. The average Bonchev–Trinajstić information content (AvgIpc) is 3.71. The van der Waals surface area contributed by atoms with Gasteiger partial charge in [-0.15, -0.1) is 0 Å². The molecule has 16 nitrogen and oxygen atoms in total. The summed E-state index contributed by atoms with van der Waals surface area (Å²) in [5, 5.41) is 5.82. The summed E-state index contributed by atoms with van der Waals surface area (Å²) in [5.41, 5.74) is 0.956. The third kappa shape index (κ3) is 15.2. The van der Waals surface area contributed by atoms with Gasteiger partial charge >= 0.3 is 12.1 Å². The lowest BCUT2D eigenvalue weighted by Crippen LogP contribution is -2.60. The van der Waals surface area contributed by atoms with Crippen LogP contribution in [-0.4, -0.2) is 147 Å². The molecule has 1 aliphatic heterocycles. The molecule has 1 aromatic carbocycles. The standard InChI is InChI=1S/C47H79N5O11/c1-17-30(6)40(50(11)44(56)38(28(2)3)49-43(55)39(29(4)5)51(12)46(58)63-47(8,9)10)36(60-14)26-37(53)52-24-20-23-35(52)41(61-15)31(7)42(54)48-34(45(57)62-16)25-32-21-18-19-22-33(32)27-59-13/h18-19,21-22,28-31,34-36,38-41H,17,20,23-27H2,1-16H3,(H,48,54)(H,49,55)/t30-,31+,34-,35-,36+,38-,39-,40-,41+/m0/s1. The highest BCUT2D eigenvalue weighted by molar-refractivity contribution is 5.92. The second-order valence-electron chi connectivity index (χ2n) is 18.6. The number of rotatable bonds is 23. The zero-order chi connectivity index (χ0) is 47.9. The number of likely N-dealkylation sites (tertiary alicyclic amines) is 1. The Morgan fingerprint density at radius 2 is 1.46 bits per heavy atom. The van der Waals surface area contributed by atoms with Gasteiger partial charge in [-0.3, -0.25) is 24.1 Å². The number of hydrogen-bond acceptors (Lipinski definition) is 11. The van der Waals surface area contributed by atoms with Gasteiger partial charge in [0.1, 0.15) is 23.7 Å². The van der Waals surface area contributed by atoms with Crippen LogP contribution in [0.1, 0.15) is 106 Å². The summed E-state index contributed by atoms with van der Waals surface area (Å²) in [6.07, 6.45) is -0.000225. The van der Waals surface area contributed by atoms with Crippen molar-refractivity contribution < 1.29 is 52.5 Å². The van der Waals surface area contributed by atoms with Gasteiger partial charge in [-0.25, -0.2) is 9.59 Å². The highest BCUT2D eigenvalue weighted by Crippen LogP contribution is 2.30. The van der Waals surface area contributed by atoms with E-state index in [4.69, 9.17) is 23.7 Å². The smallest absolute Gasteiger partial charge is 0.410 e. The number of amides is 5. The number of hydrogen-bond donors (Lipinski definition) is 2. The highest BCUT2D eigenvalue weighted by atomic mass is 16.6. The van der Waals surface area contributed by atoms with Gasteiger partial charge in [-0.05, 0) is 62.5 Å². The Hall–Kier alpha value is -4.28. The van der Waals surface area contributed by atoms with Crippen molar-refractivity contribution in [2.75, 3.05) is 49.1 Å². The van der Waals surface area contributed by atoms with Crippen LogP contribution in [0, 0.1) is 23.7 Å². The van der Waals surface area contributed by atoms with Gasteiger partial charge < -0.3 is 44.1 Å². The van der Waals surface area contributed by atoms with Gasteiger partial charge in [-0.1, -0.05) is 79.2 Å². The molecule has 0 aromatic heterocycles. The second kappa shape index (κ2) is 25.3. The zero-order valence-corrected chi connectivity index (χ0v) is 40.9. The first-order valence-corrected chi connectivity index (χ1v) is 22.3. The molecule has 2 rings (SSSR count). The largest absolute Gasteiger partial charge is 0.467 e. The van der Waals surface area contributed by atoms with Crippen molar-refractivity contribution in [3.63, 3.8) is 0 Å². The predicted molar refractivity (Wildman–Crippen MR) is 240 cm³/mol. The molecule has 5 amide bonds. The highest BCUT2D eigenvalue weighted by Gasteiger charge is 2.44. The predicted octanol–water partition coefficient (Wildman–Crippen LogP) is 4.99. The topological polar surface area (TPSA) is 182 Å². The summed E-state index contributed by atoms with van der Waals surface area (Å²) in [6.45, 7) is 19.1. The lowest BCUT2D eigenvalue weighted by Gasteiger charge is -2.41. The van der Waals surface area contributed by atoms with Crippen LogP contribution in [0.4, 0.5) is 4.79 Å².